The van der Waals surface area contributed by atoms with E-state index in [0.29, 0.717) is 16.9 Å². The molecule has 0 amide bonds. The van der Waals surface area contributed by atoms with Crippen LogP contribution in [0.4, 0.5) is 0 Å². The van der Waals surface area contributed by atoms with Gasteiger partial charge in [0.05, 0.1) is 5.10 Å². The van der Waals surface area contributed by atoms with Gasteiger partial charge in [-0.1, -0.05) is 29.4 Å². The summed E-state index contributed by atoms with van der Waals surface area (Å²) in [6.07, 6.45) is 3.36. The van der Waals surface area contributed by atoms with Gasteiger partial charge >= 0.3 is 0 Å². The van der Waals surface area contributed by atoms with Crippen LogP contribution in [0.1, 0.15) is 5.56 Å². The number of pyridine rings is 1. The molecule has 17 heavy (non-hydrogen) atoms. The van der Waals surface area contributed by atoms with Crippen LogP contribution >= 0.6 is 23.4 Å². The first-order chi connectivity index (χ1) is 8.02. The van der Waals surface area contributed by atoms with Crippen LogP contribution in [0.2, 0.25) is 5.15 Å². The molecule has 92 valence electrons. The van der Waals surface area contributed by atoms with E-state index in [4.69, 9.17) is 11.6 Å². The van der Waals surface area contributed by atoms with E-state index >= 15 is 0 Å². The number of aromatic nitrogens is 1. The van der Waals surface area contributed by atoms with E-state index in [2.05, 4.69) is 10.1 Å². The number of hydrogen-bond acceptors (Lipinski definition) is 4. The minimum atomic E-state index is -0.706. The van der Waals surface area contributed by atoms with Crippen molar-refractivity contribution < 1.29 is 5.03 Å². The second kappa shape index (κ2) is 6.41. The van der Waals surface area contributed by atoms with E-state index in [1.54, 1.807) is 30.5 Å². The molecule has 0 radical (unpaired) electrons. The van der Waals surface area contributed by atoms with Gasteiger partial charge in [0.1, 0.15) is 5.15 Å². The number of nitro groups is 1. The summed E-state index contributed by atoms with van der Waals surface area (Å²) in [4.78, 5) is 15.9. The van der Waals surface area contributed by atoms with Gasteiger partial charge in [-0.05, 0) is 17.9 Å². The first-order valence-electron chi connectivity index (χ1n) is 4.61. The molecule has 0 atom stereocenters. The summed E-state index contributed by atoms with van der Waals surface area (Å²) in [6, 6.07) is 3.49. The zero-order chi connectivity index (χ0) is 12.8. The summed E-state index contributed by atoms with van der Waals surface area (Å²) >= 11 is 6.88. The number of thioether (sulfide) groups is 1. The Hall–Kier alpha value is -1.34. The largest absolute Gasteiger partial charge is 0.345 e. The molecule has 0 saturated carbocycles. The summed E-state index contributed by atoms with van der Waals surface area (Å²) < 4.78 is 0. The van der Waals surface area contributed by atoms with Crippen molar-refractivity contribution in [3.05, 3.63) is 39.2 Å². The number of amidine groups is 1. The highest BCUT2D eigenvalue weighted by molar-refractivity contribution is 8.13. The summed E-state index contributed by atoms with van der Waals surface area (Å²) in [5.74, 6) is 0. The molecule has 0 spiro atoms. The number of rotatable bonds is 3. The number of halogens is 1. The van der Waals surface area contributed by atoms with Gasteiger partial charge in [0, 0.05) is 19.8 Å². The molecule has 1 rings (SSSR count). The van der Waals surface area contributed by atoms with Crippen LogP contribution in [0, 0.1) is 10.1 Å². The molecular weight excluding hydrogens is 264 g/mol. The predicted molar refractivity (Wildman–Crippen MR) is 68.7 cm³/mol. The molecule has 8 heteroatoms. The van der Waals surface area contributed by atoms with Crippen molar-refractivity contribution in [1.29, 1.82) is 0 Å². The average molecular weight is 275 g/mol. The lowest BCUT2D eigenvalue weighted by atomic mass is 10.3. The molecule has 0 aliphatic heterocycles. The standard InChI is InChI=1S/C9H11ClN4O2S/c1-13(9(17-2)12-14(15)16)6-7-3-4-8(10)11-5-7/h3-5H,6H2,1-2H3. The van der Waals surface area contributed by atoms with E-state index in [9.17, 15) is 10.1 Å². The first kappa shape index (κ1) is 13.7. The highest BCUT2D eigenvalue weighted by atomic mass is 35.5. The smallest absolute Gasteiger partial charge is 0.237 e. The van der Waals surface area contributed by atoms with Gasteiger partial charge in [0.2, 0.25) is 5.17 Å². The van der Waals surface area contributed by atoms with Crippen molar-refractivity contribution in [2.75, 3.05) is 13.3 Å². The fourth-order valence-electron chi connectivity index (χ4n) is 1.18. The quantitative estimate of drug-likeness (QED) is 0.277. The van der Waals surface area contributed by atoms with Gasteiger partial charge in [-0.25, -0.2) is 15.1 Å². The Kier molecular flexibility index (Phi) is 5.17. The molecule has 1 aromatic rings. The molecule has 6 nitrogen and oxygen atoms in total. The van der Waals surface area contributed by atoms with Crippen LogP contribution in [0.3, 0.4) is 0 Å². The lowest BCUT2D eigenvalue weighted by Gasteiger charge is -2.16. The number of hydrazone groups is 1. The lowest BCUT2D eigenvalue weighted by molar-refractivity contribution is -0.485. The van der Waals surface area contributed by atoms with E-state index in [0.717, 1.165) is 5.56 Å². The Balaban J connectivity index is 2.73. The summed E-state index contributed by atoms with van der Waals surface area (Å²) in [7, 11) is 1.73. The van der Waals surface area contributed by atoms with Crippen LogP contribution in [-0.2, 0) is 6.54 Å². The van der Waals surface area contributed by atoms with E-state index in [-0.39, 0.29) is 0 Å². The van der Waals surface area contributed by atoms with E-state index < -0.39 is 5.03 Å². The van der Waals surface area contributed by atoms with Crippen molar-refractivity contribution in [2.45, 2.75) is 6.54 Å². The Morgan fingerprint density at radius 2 is 2.41 bits per heavy atom. The Bertz CT molecular complexity index is 424. The van der Waals surface area contributed by atoms with Crippen LogP contribution in [0.15, 0.2) is 23.4 Å². The molecule has 1 heterocycles. The third-order valence-corrected chi connectivity index (χ3v) is 2.87. The predicted octanol–water partition coefficient (Wildman–Crippen LogP) is 2.08. The maximum absolute atomic E-state index is 10.3. The van der Waals surface area contributed by atoms with Crippen LogP contribution < -0.4 is 0 Å². The van der Waals surface area contributed by atoms with Gasteiger partial charge in [-0.2, -0.15) is 0 Å². The van der Waals surface area contributed by atoms with Crippen molar-refractivity contribution in [1.82, 2.24) is 9.88 Å². The molecule has 1 aromatic heterocycles. The molecule has 0 saturated heterocycles. The fourth-order valence-corrected chi connectivity index (χ4v) is 1.82. The lowest BCUT2D eigenvalue weighted by Crippen LogP contribution is -2.24. The molecule has 0 unspecified atom stereocenters. The maximum atomic E-state index is 10.3. The molecule has 0 aliphatic carbocycles. The Labute approximate surface area is 108 Å². The van der Waals surface area contributed by atoms with E-state index in [1.165, 1.54) is 11.8 Å². The minimum Gasteiger partial charge on any atom is -0.345 e. The van der Waals surface area contributed by atoms with Crippen LogP contribution in [-0.4, -0.2) is 33.4 Å². The van der Waals surface area contributed by atoms with Crippen molar-refractivity contribution in [3.8, 4) is 0 Å². The fraction of sp³-hybridized carbons (Fsp3) is 0.333. The summed E-state index contributed by atoms with van der Waals surface area (Å²) in [6.45, 7) is 0.484. The second-order valence-electron chi connectivity index (χ2n) is 3.17. The van der Waals surface area contributed by atoms with Gasteiger partial charge in [0.25, 0.3) is 0 Å². The third-order valence-electron chi connectivity index (χ3n) is 1.88. The van der Waals surface area contributed by atoms with Crippen molar-refractivity contribution in [3.63, 3.8) is 0 Å². The normalized spacial score (nSPS) is 11.4. The summed E-state index contributed by atoms with van der Waals surface area (Å²) in [5, 5.41) is 13.7. The van der Waals surface area contributed by atoms with Crippen molar-refractivity contribution in [2.24, 2.45) is 5.10 Å². The number of nitrogens with zero attached hydrogens (tertiary/aromatic N) is 4. The molecule has 0 bridgehead atoms. The molecule has 0 aromatic carbocycles. The van der Waals surface area contributed by atoms with Crippen LogP contribution in [0.5, 0.6) is 0 Å². The Morgan fingerprint density at radius 1 is 1.71 bits per heavy atom. The highest BCUT2D eigenvalue weighted by Crippen LogP contribution is 2.10. The molecule has 0 aliphatic rings. The Morgan fingerprint density at radius 3 is 2.88 bits per heavy atom. The zero-order valence-corrected chi connectivity index (χ0v) is 10.9. The molecule has 0 N–H and O–H groups in total. The average Bonchev–Trinajstić information content (AvgIpc) is 2.28. The van der Waals surface area contributed by atoms with Gasteiger partial charge in [-0.15, -0.1) is 0 Å². The van der Waals surface area contributed by atoms with Crippen LogP contribution in [0.25, 0.3) is 0 Å². The van der Waals surface area contributed by atoms with Gasteiger partial charge in [0.15, 0.2) is 5.03 Å². The molecule has 0 fully saturated rings. The van der Waals surface area contributed by atoms with Gasteiger partial charge in [-0.3, -0.25) is 0 Å². The SMILES string of the molecule is CSC(=N[N+](=O)[O-])N(C)Cc1ccc(Cl)nc1. The topological polar surface area (TPSA) is 71.6 Å². The maximum Gasteiger partial charge on any atom is 0.237 e. The first-order valence-corrected chi connectivity index (χ1v) is 6.21. The summed E-state index contributed by atoms with van der Waals surface area (Å²) in [5.41, 5.74) is 0.905. The minimum absolute atomic E-state index is 0.338. The number of hydrogen-bond donors (Lipinski definition) is 0. The molecular formula is C9H11ClN4O2S. The highest BCUT2D eigenvalue weighted by Gasteiger charge is 2.10. The van der Waals surface area contributed by atoms with Gasteiger partial charge < -0.3 is 4.90 Å². The van der Waals surface area contributed by atoms with Crippen molar-refractivity contribution >= 4 is 28.5 Å². The van der Waals surface area contributed by atoms with E-state index in [1.807, 2.05) is 6.07 Å². The zero-order valence-electron chi connectivity index (χ0n) is 9.33. The monoisotopic (exact) mass is 274 g/mol. The third kappa shape index (κ3) is 4.58. The second-order valence-corrected chi connectivity index (χ2v) is 4.33.